The molecule has 4 heteroatoms. The number of benzene rings is 3. The maximum absolute atomic E-state index is 13.0. The van der Waals surface area contributed by atoms with Gasteiger partial charge >= 0.3 is 0 Å². The molecule has 1 N–H and O–H groups in total. The second kappa shape index (κ2) is 8.99. The van der Waals surface area contributed by atoms with E-state index < -0.39 is 15.4 Å². The molecule has 0 bridgehead atoms. The first-order valence-electron chi connectivity index (χ1n) is 10.1. The van der Waals surface area contributed by atoms with E-state index in [9.17, 15) is 8.42 Å². The Balaban J connectivity index is 2.06. The van der Waals surface area contributed by atoms with Crippen molar-refractivity contribution < 1.29 is 8.42 Å². The largest absolute Gasteiger partial charge is 0.240 e. The van der Waals surface area contributed by atoms with Crippen LogP contribution in [0.2, 0.25) is 0 Å². The topological polar surface area (TPSA) is 46.2 Å². The van der Waals surface area contributed by atoms with Crippen LogP contribution in [0.3, 0.4) is 0 Å². The Morgan fingerprint density at radius 1 is 0.767 bits per heavy atom. The molecule has 0 aromatic heterocycles. The zero-order valence-electron chi connectivity index (χ0n) is 17.9. The lowest BCUT2D eigenvalue weighted by Gasteiger charge is -2.35. The highest BCUT2D eigenvalue weighted by atomic mass is 32.2. The average molecular weight is 420 g/mol. The van der Waals surface area contributed by atoms with E-state index in [1.807, 2.05) is 39.0 Å². The fourth-order valence-electron chi connectivity index (χ4n) is 3.69. The standard InChI is InChI=1S/C26H29NO2S/c1-5-18-26(23-12-6-20(2)7-13-23,24-14-8-21(3)9-15-24)19-27-30(28,29)25-16-10-22(4)11-17-25/h5-17,27H,1,18-19H2,2-4H3. The summed E-state index contributed by atoms with van der Waals surface area (Å²) in [7, 11) is -3.65. The lowest BCUT2D eigenvalue weighted by Crippen LogP contribution is -2.41. The van der Waals surface area contributed by atoms with Crippen molar-refractivity contribution >= 4 is 10.0 Å². The van der Waals surface area contributed by atoms with Crippen molar-refractivity contribution in [2.45, 2.75) is 37.5 Å². The first-order chi connectivity index (χ1) is 14.3. The summed E-state index contributed by atoms with van der Waals surface area (Å²) in [6.45, 7) is 10.2. The van der Waals surface area contributed by atoms with Crippen LogP contribution in [0.5, 0.6) is 0 Å². The molecule has 0 heterocycles. The second-order valence-electron chi connectivity index (χ2n) is 7.94. The molecule has 0 saturated heterocycles. The summed E-state index contributed by atoms with van der Waals surface area (Å²) >= 11 is 0. The Kier molecular flexibility index (Phi) is 6.59. The van der Waals surface area contributed by atoms with Gasteiger partial charge in [-0.3, -0.25) is 0 Å². The summed E-state index contributed by atoms with van der Waals surface area (Å²) in [6, 6.07) is 23.5. The number of nitrogens with one attached hydrogen (secondary N) is 1. The van der Waals surface area contributed by atoms with Gasteiger partial charge in [-0.15, -0.1) is 6.58 Å². The predicted molar refractivity (Wildman–Crippen MR) is 124 cm³/mol. The van der Waals surface area contributed by atoms with Gasteiger partial charge in [-0.05, 0) is 50.5 Å². The van der Waals surface area contributed by atoms with Crippen molar-refractivity contribution in [1.29, 1.82) is 0 Å². The minimum Gasteiger partial charge on any atom is -0.210 e. The molecule has 0 aliphatic carbocycles. The van der Waals surface area contributed by atoms with Gasteiger partial charge in [0.15, 0.2) is 0 Å². The number of hydrogen-bond acceptors (Lipinski definition) is 2. The van der Waals surface area contributed by atoms with E-state index in [0.29, 0.717) is 6.42 Å². The molecule has 0 atom stereocenters. The van der Waals surface area contributed by atoms with Gasteiger partial charge in [-0.2, -0.15) is 0 Å². The molecule has 30 heavy (non-hydrogen) atoms. The van der Waals surface area contributed by atoms with Crippen LogP contribution >= 0.6 is 0 Å². The molecular formula is C26H29NO2S. The van der Waals surface area contributed by atoms with Gasteiger partial charge in [-0.25, -0.2) is 13.1 Å². The smallest absolute Gasteiger partial charge is 0.210 e. The highest BCUT2D eigenvalue weighted by Gasteiger charge is 2.34. The van der Waals surface area contributed by atoms with Crippen LogP contribution in [0.15, 0.2) is 90.3 Å². The monoisotopic (exact) mass is 419 g/mol. The zero-order valence-corrected chi connectivity index (χ0v) is 18.7. The highest BCUT2D eigenvalue weighted by molar-refractivity contribution is 7.89. The van der Waals surface area contributed by atoms with Gasteiger partial charge in [0, 0.05) is 12.0 Å². The third-order valence-corrected chi connectivity index (χ3v) is 7.01. The third-order valence-electron chi connectivity index (χ3n) is 5.60. The Morgan fingerprint density at radius 2 is 1.17 bits per heavy atom. The minimum atomic E-state index is -3.65. The van der Waals surface area contributed by atoms with Gasteiger partial charge in [-0.1, -0.05) is 83.4 Å². The molecule has 0 unspecified atom stereocenters. The van der Waals surface area contributed by atoms with Gasteiger partial charge in [0.25, 0.3) is 0 Å². The van der Waals surface area contributed by atoms with Crippen molar-refractivity contribution in [2.24, 2.45) is 0 Å². The molecule has 0 radical (unpaired) electrons. The van der Waals surface area contributed by atoms with Crippen LogP contribution in [0, 0.1) is 20.8 Å². The number of aryl methyl sites for hydroxylation is 3. The van der Waals surface area contributed by atoms with Crippen LogP contribution in [-0.4, -0.2) is 15.0 Å². The molecule has 3 nitrogen and oxygen atoms in total. The number of hydrogen-bond donors (Lipinski definition) is 1. The summed E-state index contributed by atoms with van der Waals surface area (Å²) in [5.41, 5.74) is 4.91. The van der Waals surface area contributed by atoms with Crippen molar-refractivity contribution in [1.82, 2.24) is 4.72 Å². The Bertz CT molecular complexity index is 1050. The van der Waals surface area contributed by atoms with Crippen LogP contribution in [0.4, 0.5) is 0 Å². The van der Waals surface area contributed by atoms with E-state index >= 15 is 0 Å². The third kappa shape index (κ3) is 4.72. The first kappa shape index (κ1) is 22.0. The highest BCUT2D eigenvalue weighted by Crippen LogP contribution is 2.36. The minimum absolute atomic E-state index is 0.237. The normalized spacial score (nSPS) is 12.0. The molecular weight excluding hydrogens is 390 g/mol. The van der Waals surface area contributed by atoms with E-state index in [2.05, 4.69) is 59.8 Å². The molecule has 0 saturated carbocycles. The van der Waals surface area contributed by atoms with Gasteiger partial charge in [0.05, 0.1) is 4.90 Å². The zero-order chi connectivity index (χ0) is 21.8. The lowest BCUT2D eigenvalue weighted by atomic mass is 9.72. The second-order valence-corrected chi connectivity index (χ2v) is 9.71. The van der Waals surface area contributed by atoms with E-state index in [0.717, 1.165) is 27.8 Å². The molecule has 0 fully saturated rings. The van der Waals surface area contributed by atoms with Gasteiger partial charge < -0.3 is 0 Å². The molecule has 156 valence electrons. The number of sulfonamides is 1. The maximum atomic E-state index is 13.0. The van der Waals surface area contributed by atoms with Crippen LogP contribution in [-0.2, 0) is 15.4 Å². The Morgan fingerprint density at radius 3 is 1.57 bits per heavy atom. The molecule has 3 rings (SSSR count). The molecule has 3 aromatic rings. The fraction of sp³-hybridized carbons (Fsp3) is 0.231. The number of allylic oxidation sites excluding steroid dienone is 1. The fourth-order valence-corrected chi connectivity index (χ4v) is 4.79. The van der Waals surface area contributed by atoms with Crippen LogP contribution in [0.25, 0.3) is 0 Å². The van der Waals surface area contributed by atoms with Crippen molar-refractivity contribution in [2.75, 3.05) is 6.54 Å². The first-order valence-corrected chi connectivity index (χ1v) is 11.6. The summed E-state index contributed by atoms with van der Waals surface area (Å²) in [6.07, 6.45) is 2.47. The van der Waals surface area contributed by atoms with Crippen LogP contribution in [0.1, 0.15) is 34.2 Å². The summed E-state index contributed by atoms with van der Waals surface area (Å²) < 4.78 is 28.9. The average Bonchev–Trinajstić information content (AvgIpc) is 2.73. The number of rotatable bonds is 8. The summed E-state index contributed by atoms with van der Waals surface area (Å²) in [5, 5.41) is 0. The maximum Gasteiger partial charge on any atom is 0.240 e. The quantitative estimate of drug-likeness (QED) is 0.493. The Labute approximate surface area is 180 Å². The van der Waals surface area contributed by atoms with E-state index in [1.165, 1.54) is 0 Å². The van der Waals surface area contributed by atoms with Crippen LogP contribution < -0.4 is 4.72 Å². The predicted octanol–water partition coefficient (Wildman–Crippen LogP) is 5.45. The van der Waals surface area contributed by atoms with E-state index in [1.54, 1.807) is 12.1 Å². The van der Waals surface area contributed by atoms with Crippen molar-refractivity contribution in [3.05, 3.63) is 113 Å². The van der Waals surface area contributed by atoms with E-state index in [4.69, 9.17) is 0 Å². The molecule has 0 spiro atoms. The molecule has 3 aromatic carbocycles. The van der Waals surface area contributed by atoms with Crippen molar-refractivity contribution in [3.8, 4) is 0 Å². The van der Waals surface area contributed by atoms with Crippen molar-refractivity contribution in [3.63, 3.8) is 0 Å². The Hall–Kier alpha value is -2.69. The van der Waals surface area contributed by atoms with E-state index in [-0.39, 0.29) is 11.4 Å². The van der Waals surface area contributed by atoms with Gasteiger partial charge in [0.2, 0.25) is 10.0 Å². The SMILES string of the molecule is C=CCC(CNS(=O)(=O)c1ccc(C)cc1)(c1ccc(C)cc1)c1ccc(C)cc1. The summed E-state index contributed by atoms with van der Waals surface area (Å²) in [4.78, 5) is 0.272. The molecule has 0 amide bonds. The summed E-state index contributed by atoms with van der Waals surface area (Å²) in [5.74, 6) is 0. The molecule has 0 aliphatic heterocycles. The lowest BCUT2D eigenvalue weighted by molar-refractivity contribution is 0.499. The van der Waals surface area contributed by atoms with Gasteiger partial charge in [0.1, 0.15) is 0 Å². The molecule has 0 aliphatic rings.